The van der Waals surface area contributed by atoms with Crippen LogP contribution in [0.3, 0.4) is 0 Å². The lowest BCUT2D eigenvalue weighted by Gasteiger charge is -2.17. The molecule has 0 radical (unpaired) electrons. The summed E-state index contributed by atoms with van der Waals surface area (Å²) in [5.74, 6) is 0. The van der Waals surface area contributed by atoms with Gasteiger partial charge in [0, 0.05) is 19.7 Å². The molecule has 10 heteroatoms. The molecule has 3 N–H and O–H groups in total. The average Bonchev–Trinajstić information content (AvgIpc) is 2.59. The number of nitrogens with zero attached hydrogens (tertiary/aromatic N) is 2. The molecule has 8 nitrogen and oxygen atoms in total. The van der Waals surface area contributed by atoms with Crippen molar-refractivity contribution in [3.8, 4) is 0 Å². The van der Waals surface area contributed by atoms with Crippen LogP contribution in [0.1, 0.15) is 6.92 Å². The lowest BCUT2D eigenvalue weighted by atomic mass is 10.4. The second kappa shape index (κ2) is 5.18. The molecule has 1 aromatic heterocycles. The maximum atomic E-state index is 12.0. The maximum absolute atomic E-state index is 12.0. The molecule has 18 heavy (non-hydrogen) atoms. The molecule has 1 rings (SSSR count). The van der Waals surface area contributed by atoms with E-state index in [0.29, 0.717) is 11.3 Å². The first-order valence-corrected chi connectivity index (χ1v) is 7.10. The van der Waals surface area contributed by atoms with Crippen molar-refractivity contribution in [3.05, 3.63) is 16.2 Å². The molecule has 0 aliphatic rings. The molecule has 1 unspecified atom stereocenters. The van der Waals surface area contributed by atoms with Gasteiger partial charge in [-0.2, -0.15) is 4.31 Å². The smallest absolute Gasteiger partial charge is 0.304 e. The largest absolute Gasteiger partial charge is 0.392 e. The van der Waals surface area contributed by atoms with E-state index in [0.717, 1.165) is 10.4 Å². The Labute approximate surface area is 108 Å². The fourth-order valence-electron chi connectivity index (χ4n) is 1.27. The minimum Gasteiger partial charge on any atom is -0.392 e. The van der Waals surface area contributed by atoms with Crippen molar-refractivity contribution in [1.82, 2.24) is 4.31 Å². The third-order valence-corrected chi connectivity index (χ3v) is 5.33. The molecule has 1 aromatic rings. The SMILES string of the molecule is CC(O)CN(C)S(=O)(=O)c1cc([N+](=O)[O-])c(N)s1. The molecule has 1 heterocycles. The van der Waals surface area contributed by atoms with Crippen LogP contribution >= 0.6 is 11.3 Å². The van der Waals surface area contributed by atoms with Gasteiger partial charge < -0.3 is 10.8 Å². The van der Waals surface area contributed by atoms with Gasteiger partial charge in [-0.25, -0.2) is 8.42 Å². The third kappa shape index (κ3) is 2.96. The molecule has 0 amide bonds. The summed E-state index contributed by atoms with van der Waals surface area (Å²) in [6.45, 7) is 1.34. The first-order valence-electron chi connectivity index (χ1n) is 4.84. The molecule has 1 atom stereocenters. The number of nitrogen functional groups attached to an aromatic ring is 1. The van der Waals surface area contributed by atoms with E-state index in [1.165, 1.54) is 14.0 Å². The van der Waals surface area contributed by atoms with E-state index in [2.05, 4.69) is 0 Å². The van der Waals surface area contributed by atoms with Crippen molar-refractivity contribution < 1.29 is 18.4 Å². The quantitative estimate of drug-likeness (QED) is 0.591. The second-order valence-electron chi connectivity index (χ2n) is 3.71. The van der Waals surface area contributed by atoms with Crippen molar-refractivity contribution in [2.75, 3.05) is 19.3 Å². The molecular weight excluding hydrogens is 282 g/mol. The number of hydrogen-bond acceptors (Lipinski definition) is 7. The van der Waals surface area contributed by atoms with Crippen LogP contribution in [-0.2, 0) is 10.0 Å². The third-order valence-electron chi connectivity index (χ3n) is 2.10. The van der Waals surface area contributed by atoms with Gasteiger partial charge in [-0.1, -0.05) is 11.3 Å². The molecule has 0 spiro atoms. The van der Waals surface area contributed by atoms with E-state index in [1.54, 1.807) is 0 Å². The Morgan fingerprint density at radius 2 is 2.22 bits per heavy atom. The summed E-state index contributed by atoms with van der Waals surface area (Å²) < 4.78 is 24.7. The summed E-state index contributed by atoms with van der Waals surface area (Å²) in [5.41, 5.74) is 4.96. The second-order valence-corrected chi connectivity index (χ2v) is 7.06. The van der Waals surface area contributed by atoms with Crippen LogP contribution in [0.4, 0.5) is 10.7 Å². The predicted octanol–water partition coefficient (Wildman–Crippen LogP) is 0.240. The Morgan fingerprint density at radius 3 is 2.61 bits per heavy atom. The highest BCUT2D eigenvalue weighted by Gasteiger charge is 2.28. The number of nitrogens with two attached hydrogens (primary N) is 1. The molecule has 0 saturated heterocycles. The fraction of sp³-hybridized carbons (Fsp3) is 0.500. The predicted molar refractivity (Wildman–Crippen MR) is 66.9 cm³/mol. The monoisotopic (exact) mass is 295 g/mol. The molecule has 0 aliphatic carbocycles. The number of nitro groups is 1. The van der Waals surface area contributed by atoms with Gasteiger partial charge in [-0.05, 0) is 6.92 Å². The molecular formula is C8H13N3O5S2. The average molecular weight is 295 g/mol. The van der Waals surface area contributed by atoms with E-state index in [4.69, 9.17) is 10.8 Å². The standard InChI is InChI=1S/C8H13N3O5S2/c1-5(12)4-10(2)18(15,16)7-3-6(11(13)14)8(9)17-7/h3,5,12H,4,9H2,1-2H3. The van der Waals surface area contributed by atoms with Gasteiger partial charge in [0.05, 0.1) is 11.0 Å². The Balaban J connectivity index is 3.13. The Bertz CT molecular complexity index is 551. The zero-order valence-electron chi connectivity index (χ0n) is 9.73. The van der Waals surface area contributed by atoms with Crippen LogP contribution in [-0.4, -0.2) is 42.4 Å². The number of likely N-dealkylation sites (N-methyl/N-ethyl adjacent to an activating group) is 1. The minimum absolute atomic E-state index is 0.103. The fourth-order valence-corrected chi connectivity index (χ4v) is 3.94. The summed E-state index contributed by atoms with van der Waals surface area (Å²) in [6.07, 6.45) is -0.836. The van der Waals surface area contributed by atoms with Gasteiger partial charge in [0.2, 0.25) is 0 Å². The summed E-state index contributed by atoms with van der Waals surface area (Å²) in [6, 6.07) is 0.924. The highest BCUT2D eigenvalue weighted by Crippen LogP contribution is 2.35. The molecule has 0 aromatic carbocycles. The lowest BCUT2D eigenvalue weighted by molar-refractivity contribution is -0.383. The topological polar surface area (TPSA) is 127 Å². The minimum atomic E-state index is -3.86. The summed E-state index contributed by atoms with van der Waals surface area (Å²) >= 11 is 0.630. The Kier molecular flexibility index (Phi) is 4.27. The zero-order valence-corrected chi connectivity index (χ0v) is 11.4. The number of hydrogen-bond donors (Lipinski definition) is 2. The number of aliphatic hydroxyl groups excluding tert-OH is 1. The van der Waals surface area contributed by atoms with E-state index in [-0.39, 0.29) is 15.8 Å². The Hall–Kier alpha value is -1.23. The number of anilines is 1. The van der Waals surface area contributed by atoms with Crippen LogP contribution in [0.15, 0.2) is 10.3 Å². The van der Waals surface area contributed by atoms with E-state index in [1.807, 2.05) is 0 Å². The first kappa shape index (κ1) is 14.8. The van der Waals surface area contributed by atoms with Crippen LogP contribution in [0, 0.1) is 10.1 Å². The highest BCUT2D eigenvalue weighted by molar-refractivity contribution is 7.91. The van der Waals surface area contributed by atoms with Crippen molar-refractivity contribution in [3.63, 3.8) is 0 Å². The maximum Gasteiger partial charge on any atom is 0.304 e. The van der Waals surface area contributed by atoms with Crippen molar-refractivity contribution in [2.45, 2.75) is 17.2 Å². The van der Waals surface area contributed by atoms with Crippen LogP contribution in [0.2, 0.25) is 0 Å². The summed E-state index contributed by atoms with van der Waals surface area (Å²) in [4.78, 5) is 9.86. The molecule has 102 valence electrons. The van der Waals surface area contributed by atoms with E-state index >= 15 is 0 Å². The highest BCUT2D eigenvalue weighted by atomic mass is 32.2. The molecule has 0 saturated carbocycles. The molecule has 0 bridgehead atoms. The number of sulfonamides is 1. The molecule has 0 fully saturated rings. The normalized spacial score (nSPS) is 13.8. The van der Waals surface area contributed by atoms with Crippen molar-refractivity contribution in [2.24, 2.45) is 0 Å². The van der Waals surface area contributed by atoms with Gasteiger partial charge in [-0.15, -0.1) is 0 Å². The van der Waals surface area contributed by atoms with Crippen LogP contribution < -0.4 is 5.73 Å². The van der Waals surface area contributed by atoms with Gasteiger partial charge in [0.1, 0.15) is 4.21 Å². The number of rotatable bonds is 5. The van der Waals surface area contributed by atoms with Gasteiger partial charge in [-0.3, -0.25) is 10.1 Å². The van der Waals surface area contributed by atoms with Crippen LogP contribution in [0.5, 0.6) is 0 Å². The van der Waals surface area contributed by atoms with Gasteiger partial charge in [0.25, 0.3) is 10.0 Å². The van der Waals surface area contributed by atoms with Crippen molar-refractivity contribution in [1.29, 1.82) is 0 Å². The van der Waals surface area contributed by atoms with Gasteiger partial charge >= 0.3 is 5.69 Å². The first-order chi connectivity index (χ1) is 8.16. The number of thiophene rings is 1. The van der Waals surface area contributed by atoms with E-state index < -0.39 is 26.7 Å². The molecule has 0 aliphatic heterocycles. The lowest BCUT2D eigenvalue weighted by Crippen LogP contribution is -2.32. The summed E-state index contributed by atoms with van der Waals surface area (Å²) in [5, 5.41) is 19.6. The van der Waals surface area contributed by atoms with Crippen LogP contribution in [0.25, 0.3) is 0 Å². The summed E-state index contributed by atoms with van der Waals surface area (Å²) in [7, 11) is -2.58. The van der Waals surface area contributed by atoms with Gasteiger partial charge in [0.15, 0.2) is 5.00 Å². The van der Waals surface area contributed by atoms with Crippen molar-refractivity contribution >= 4 is 32.0 Å². The Morgan fingerprint density at radius 1 is 1.67 bits per heavy atom. The van der Waals surface area contributed by atoms with E-state index in [9.17, 15) is 18.5 Å². The zero-order chi connectivity index (χ0) is 14.1. The number of aliphatic hydroxyl groups is 1.